The third-order valence-electron chi connectivity index (χ3n) is 10.2. The number of carbonyl (C=O) groups is 6. The number of nitrogens with zero attached hydrogens (tertiary/aromatic N) is 4. The summed E-state index contributed by atoms with van der Waals surface area (Å²) in [6.07, 6.45) is -4.15. The van der Waals surface area contributed by atoms with E-state index in [2.05, 4.69) is 10.6 Å². The van der Waals surface area contributed by atoms with Gasteiger partial charge < -0.3 is 44.2 Å². The summed E-state index contributed by atoms with van der Waals surface area (Å²) in [5, 5.41) is 15.4. The van der Waals surface area contributed by atoms with Crippen LogP contribution in [0.3, 0.4) is 0 Å². The summed E-state index contributed by atoms with van der Waals surface area (Å²) in [6.45, 7) is 38.4. The molecule has 19 nitrogen and oxygen atoms in total. The Bertz CT molecular complexity index is 1560. The van der Waals surface area contributed by atoms with Gasteiger partial charge in [-0.2, -0.15) is 0 Å². The zero-order valence-corrected chi connectivity index (χ0v) is 48.9. The molecule has 6 amide bonds. The molecule has 0 fully saturated rings. The first kappa shape index (κ1) is 67.6. The predicted molar refractivity (Wildman–Crippen MR) is 280 cm³/mol. The van der Waals surface area contributed by atoms with Gasteiger partial charge in [-0.1, -0.05) is 59.8 Å². The Hall–Kier alpha value is -4.42. The highest BCUT2D eigenvalue weighted by Gasteiger charge is 2.45. The summed E-state index contributed by atoms with van der Waals surface area (Å²) >= 11 is 0. The number of carbonyl (C=O) groups excluding carboxylic acids is 6. The van der Waals surface area contributed by atoms with E-state index < -0.39 is 101 Å². The highest BCUT2D eigenvalue weighted by atomic mass is 16.6. The third kappa shape index (κ3) is 28.1. The molecule has 0 aliphatic carbocycles. The fraction of sp³-hybridized carbons (Fsp3) is 0.887. The minimum atomic E-state index is -1.08. The number of aliphatic hydroxyl groups is 1. The van der Waals surface area contributed by atoms with Crippen molar-refractivity contribution in [2.75, 3.05) is 19.7 Å². The van der Waals surface area contributed by atoms with Gasteiger partial charge in [0.2, 0.25) is 0 Å². The standard InChI is InChI=1S/C53H102N6O13/c1-23-31-40(58(46(65)71-52(17,18)19)38(25-3)54-42(61)67-48(5,6)7)56(44(63)69-50(11,12)13)35-37(33-29-27-28-30-34-60)36-57(45(64)70-51(14,15)16)41(32-24-2)59(47(66)72-53(20,21)22)39(26-4)55-43(62)68-49(8,9)10/h37-41,60H,23-36H2,1-22H3,(H,54,61)(H,55,62). The average Bonchev–Trinajstić information content (AvgIpc) is 3.16. The van der Waals surface area contributed by atoms with Crippen LogP contribution in [0.5, 0.6) is 0 Å². The Morgan fingerprint density at radius 3 is 0.972 bits per heavy atom. The molecule has 72 heavy (non-hydrogen) atoms. The first-order valence-corrected chi connectivity index (χ1v) is 26.3. The normalized spacial score (nSPS) is 14.6. The van der Waals surface area contributed by atoms with E-state index in [1.807, 2.05) is 13.8 Å². The third-order valence-corrected chi connectivity index (χ3v) is 10.2. The van der Waals surface area contributed by atoms with Crippen molar-refractivity contribution in [3.8, 4) is 0 Å². The lowest BCUT2D eigenvalue weighted by molar-refractivity contribution is -0.0576. The Morgan fingerprint density at radius 1 is 0.417 bits per heavy atom. The van der Waals surface area contributed by atoms with E-state index in [0.717, 1.165) is 0 Å². The molecule has 4 atom stereocenters. The Kier molecular flexibility index (Phi) is 27.7. The molecular weight excluding hydrogens is 929 g/mol. The first-order chi connectivity index (χ1) is 32.7. The molecule has 0 saturated carbocycles. The van der Waals surface area contributed by atoms with Crippen LogP contribution < -0.4 is 10.6 Å². The number of alkyl carbamates (subject to hydrolysis) is 2. The van der Waals surface area contributed by atoms with Crippen molar-refractivity contribution in [3.63, 3.8) is 0 Å². The van der Waals surface area contributed by atoms with Gasteiger partial charge in [-0.3, -0.25) is 19.6 Å². The van der Waals surface area contributed by atoms with Crippen molar-refractivity contribution < 1.29 is 62.3 Å². The zero-order valence-electron chi connectivity index (χ0n) is 48.9. The van der Waals surface area contributed by atoms with E-state index in [0.29, 0.717) is 44.9 Å². The van der Waals surface area contributed by atoms with E-state index in [4.69, 9.17) is 28.4 Å². The molecule has 0 aromatic heterocycles. The van der Waals surface area contributed by atoms with Crippen LogP contribution in [0.2, 0.25) is 0 Å². The molecule has 422 valence electrons. The molecule has 4 unspecified atom stereocenters. The van der Waals surface area contributed by atoms with Crippen LogP contribution in [-0.4, -0.2) is 139 Å². The summed E-state index contributed by atoms with van der Waals surface area (Å²) in [7, 11) is 0. The van der Waals surface area contributed by atoms with E-state index in [1.165, 1.54) is 19.6 Å². The van der Waals surface area contributed by atoms with Gasteiger partial charge in [0, 0.05) is 19.7 Å². The molecule has 19 heteroatoms. The van der Waals surface area contributed by atoms with Crippen LogP contribution in [0.4, 0.5) is 28.8 Å². The summed E-state index contributed by atoms with van der Waals surface area (Å²) in [5.41, 5.74) is -5.71. The highest BCUT2D eigenvalue weighted by Crippen LogP contribution is 2.30. The summed E-state index contributed by atoms with van der Waals surface area (Å²) in [6, 6.07) is 0. The van der Waals surface area contributed by atoms with Gasteiger partial charge in [-0.25, -0.2) is 28.8 Å². The first-order valence-electron chi connectivity index (χ1n) is 26.3. The van der Waals surface area contributed by atoms with Gasteiger partial charge in [0.25, 0.3) is 0 Å². The van der Waals surface area contributed by atoms with Crippen molar-refractivity contribution >= 4 is 36.6 Å². The molecule has 0 radical (unpaired) electrons. The topological polar surface area (TPSA) is 215 Å². The monoisotopic (exact) mass is 1030 g/mol. The number of aliphatic hydroxyl groups excluding tert-OH is 1. The Labute approximate surface area is 434 Å². The fourth-order valence-electron chi connectivity index (χ4n) is 7.54. The van der Waals surface area contributed by atoms with Crippen LogP contribution in [0, 0.1) is 5.92 Å². The SMILES string of the molecule is CCCC(N(CC(CCCCCCO)CN(C(=O)OC(C)(C)C)C(CCC)N(C(=O)OC(C)(C)C)C(CC)NC(=O)OC(C)(C)C)C(=O)OC(C)(C)C)N(C(=O)OC(C)(C)C)C(CC)NC(=O)OC(C)(C)C. The number of amides is 6. The second-order valence-electron chi connectivity index (χ2n) is 24.5. The molecule has 0 aromatic rings. The molecular formula is C53H102N6O13. The highest BCUT2D eigenvalue weighted by molar-refractivity contribution is 5.75. The van der Waals surface area contributed by atoms with Crippen LogP contribution in [0.15, 0.2) is 0 Å². The maximum Gasteiger partial charge on any atom is 0.413 e. The second-order valence-corrected chi connectivity index (χ2v) is 24.5. The van der Waals surface area contributed by atoms with Crippen molar-refractivity contribution in [2.45, 2.75) is 281 Å². The number of ether oxygens (including phenoxy) is 6. The maximum atomic E-state index is 15.0. The van der Waals surface area contributed by atoms with Crippen LogP contribution >= 0.6 is 0 Å². The molecule has 0 aliphatic rings. The van der Waals surface area contributed by atoms with Crippen LogP contribution in [0.25, 0.3) is 0 Å². The minimum Gasteiger partial charge on any atom is -0.444 e. The quantitative estimate of drug-likeness (QED) is 0.0467. The Balaban J connectivity index is 8.63. The Morgan fingerprint density at radius 2 is 0.708 bits per heavy atom. The molecule has 0 aliphatic heterocycles. The minimum absolute atomic E-state index is 0.0204. The number of unbranched alkanes of at least 4 members (excludes halogenated alkanes) is 3. The van der Waals surface area contributed by atoms with Gasteiger partial charge in [-0.15, -0.1) is 0 Å². The van der Waals surface area contributed by atoms with Crippen molar-refractivity contribution in [1.29, 1.82) is 0 Å². The second kappa shape index (κ2) is 29.5. The molecule has 0 aromatic carbocycles. The largest absolute Gasteiger partial charge is 0.444 e. The summed E-state index contributed by atoms with van der Waals surface area (Å²) in [4.78, 5) is 92.2. The molecule has 0 rings (SSSR count). The number of rotatable bonds is 24. The number of nitrogens with one attached hydrogen (secondary N) is 2. The van der Waals surface area contributed by atoms with Gasteiger partial charge in [-0.05, 0) is 169 Å². The van der Waals surface area contributed by atoms with Crippen molar-refractivity contribution in [1.82, 2.24) is 30.2 Å². The summed E-state index contributed by atoms with van der Waals surface area (Å²) in [5.74, 6) is -0.600. The predicted octanol–water partition coefficient (Wildman–Crippen LogP) is 12.3. The number of hydrogen-bond donors (Lipinski definition) is 3. The summed E-state index contributed by atoms with van der Waals surface area (Å²) < 4.78 is 35.7. The van der Waals surface area contributed by atoms with Gasteiger partial charge in [0.05, 0.1) is 0 Å². The van der Waals surface area contributed by atoms with E-state index in [9.17, 15) is 24.3 Å². The van der Waals surface area contributed by atoms with E-state index >= 15 is 9.59 Å². The smallest absolute Gasteiger partial charge is 0.413 e. The van der Waals surface area contributed by atoms with Crippen LogP contribution in [0.1, 0.15) is 223 Å². The molecule has 3 N–H and O–H groups in total. The fourth-order valence-corrected chi connectivity index (χ4v) is 7.54. The van der Waals surface area contributed by atoms with Gasteiger partial charge >= 0.3 is 36.6 Å². The van der Waals surface area contributed by atoms with Crippen LogP contribution in [-0.2, 0) is 28.4 Å². The van der Waals surface area contributed by atoms with Crippen molar-refractivity contribution in [2.24, 2.45) is 5.92 Å². The molecule has 0 heterocycles. The number of hydrogen-bond acceptors (Lipinski definition) is 13. The van der Waals surface area contributed by atoms with E-state index in [1.54, 1.807) is 138 Å². The molecule has 0 spiro atoms. The lowest BCUT2D eigenvalue weighted by atomic mass is 9.97. The zero-order chi connectivity index (χ0) is 56.2. The average molecular weight is 1030 g/mol. The molecule has 0 bridgehead atoms. The van der Waals surface area contributed by atoms with E-state index in [-0.39, 0.29) is 45.4 Å². The van der Waals surface area contributed by atoms with Crippen molar-refractivity contribution in [3.05, 3.63) is 0 Å². The lowest BCUT2D eigenvalue weighted by Gasteiger charge is -2.46. The maximum absolute atomic E-state index is 15.0. The lowest BCUT2D eigenvalue weighted by Crippen LogP contribution is -2.64. The van der Waals surface area contributed by atoms with Gasteiger partial charge in [0.1, 0.15) is 58.3 Å². The molecule has 0 saturated heterocycles. The van der Waals surface area contributed by atoms with Gasteiger partial charge in [0.15, 0.2) is 0 Å².